The van der Waals surface area contributed by atoms with Crippen molar-refractivity contribution in [2.24, 2.45) is 7.05 Å². The molecule has 26 heavy (non-hydrogen) atoms. The van der Waals surface area contributed by atoms with E-state index in [1.54, 1.807) is 31.2 Å². The number of methoxy groups -OCH3 is 1. The third-order valence-corrected chi connectivity index (χ3v) is 5.00. The Morgan fingerprint density at radius 3 is 3.04 bits per heavy atom. The maximum Gasteiger partial charge on any atom is 0.254 e. The smallest absolute Gasteiger partial charge is 0.254 e. The summed E-state index contributed by atoms with van der Waals surface area (Å²) in [7, 11) is 3.46. The summed E-state index contributed by atoms with van der Waals surface area (Å²) in [6, 6.07) is 12.0. The molecule has 2 aromatic heterocycles. The number of hydrogen-bond acceptors (Lipinski definition) is 4. The van der Waals surface area contributed by atoms with Crippen LogP contribution in [-0.4, -0.2) is 33.1 Å². The van der Waals surface area contributed by atoms with Crippen LogP contribution < -0.4 is 10.3 Å². The molecule has 0 saturated carbocycles. The summed E-state index contributed by atoms with van der Waals surface area (Å²) in [5.41, 5.74) is 4.22. The predicted molar refractivity (Wildman–Crippen MR) is 99.2 cm³/mol. The van der Waals surface area contributed by atoms with Gasteiger partial charge in [-0.1, -0.05) is 18.2 Å². The molecule has 0 fully saturated rings. The van der Waals surface area contributed by atoms with Crippen LogP contribution in [0.3, 0.4) is 0 Å². The number of rotatable bonds is 4. The summed E-state index contributed by atoms with van der Waals surface area (Å²) in [6.45, 7) is 2.18. The third-order valence-electron chi connectivity index (χ3n) is 5.00. The number of nitrogens with zero attached hydrogens (tertiary/aromatic N) is 3. The van der Waals surface area contributed by atoms with E-state index in [9.17, 15) is 4.79 Å². The molecule has 1 aliphatic rings. The van der Waals surface area contributed by atoms with Crippen LogP contribution in [0.15, 0.2) is 53.7 Å². The summed E-state index contributed by atoms with van der Waals surface area (Å²) in [6.07, 6.45) is 3.54. The number of hydrogen-bond donors (Lipinski definition) is 1. The Labute approximate surface area is 152 Å². The second kappa shape index (κ2) is 6.80. The van der Waals surface area contributed by atoms with Crippen molar-refractivity contribution in [3.8, 4) is 5.75 Å². The van der Waals surface area contributed by atoms with Gasteiger partial charge in [-0.2, -0.15) is 0 Å². The van der Waals surface area contributed by atoms with Gasteiger partial charge in [-0.3, -0.25) is 9.69 Å². The van der Waals surface area contributed by atoms with E-state index in [-0.39, 0.29) is 11.5 Å². The first-order chi connectivity index (χ1) is 12.7. The summed E-state index contributed by atoms with van der Waals surface area (Å²) in [5.74, 6) is 0.987. The zero-order valence-corrected chi connectivity index (χ0v) is 15.0. The molecule has 1 atom stereocenters. The molecule has 1 aromatic carbocycles. The van der Waals surface area contributed by atoms with Crippen molar-refractivity contribution < 1.29 is 4.74 Å². The van der Waals surface area contributed by atoms with Crippen LogP contribution in [0.2, 0.25) is 0 Å². The molecule has 6 nitrogen and oxygen atoms in total. The third kappa shape index (κ3) is 3.04. The Morgan fingerprint density at radius 2 is 2.19 bits per heavy atom. The quantitative estimate of drug-likeness (QED) is 0.784. The van der Waals surface area contributed by atoms with Gasteiger partial charge in [-0.15, -0.1) is 0 Å². The summed E-state index contributed by atoms with van der Waals surface area (Å²) in [4.78, 5) is 22.5. The highest BCUT2D eigenvalue weighted by atomic mass is 16.5. The summed E-state index contributed by atoms with van der Waals surface area (Å²) < 4.78 is 7.01. The zero-order valence-electron chi connectivity index (χ0n) is 15.0. The number of H-pyrrole nitrogens is 1. The van der Waals surface area contributed by atoms with Gasteiger partial charge < -0.3 is 14.3 Å². The molecule has 0 radical (unpaired) electrons. The van der Waals surface area contributed by atoms with E-state index in [0.717, 1.165) is 35.8 Å². The molecule has 4 rings (SSSR count). The number of imidazole rings is 1. The van der Waals surface area contributed by atoms with Crippen molar-refractivity contribution in [1.29, 1.82) is 0 Å². The molecule has 3 heterocycles. The van der Waals surface area contributed by atoms with E-state index in [1.165, 1.54) is 5.56 Å². The average Bonchev–Trinajstić information content (AvgIpc) is 3.13. The number of aryl methyl sites for hydroxylation is 1. The van der Waals surface area contributed by atoms with Crippen LogP contribution in [0.1, 0.15) is 28.4 Å². The van der Waals surface area contributed by atoms with E-state index >= 15 is 0 Å². The Bertz CT molecular complexity index is 976. The van der Waals surface area contributed by atoms with Crippen molar-refractivity contribution in [3.05, 3.63) is 81.8 Å². The van der Waals surface area contributed by atoms with Gasteiger partial charge in [0.2, 0.25) is 0 Å². The number of aromatic amines is 1. The molecular weight excluding hydrogens is 328 g/mol. The van der Waals surface area contributed by atoms with Gasteiger partial charge in [0.05, 0.1) is 24.8 Å². The number of benzene rings is 1. The highest BCUT2D eigenvalue weighted by Gasteiger charge is 2.29. The van der Waals surface area contributed by atoms with Crippen LogP contribution >= 0.6 is 0 Å². The molecule has 1 aliphatic heterocycles. The maximum atomic E-state index is 12.4. The minimum atomic E-state index is 0.0563. The number of nitrogens with one attached hydrogen (secondary N) is 1. The van der Waals surface area contributed by atoms with Gasteiger partial charge in [0.15, 0.2) is 0 Å². The zero-order chi connectivity index (χ0) is 18.1. The van der Waals surface area contributed by atoms with Crippen molar-refractivity contribution in [1.82, 2.24) is 19.4 Å². The highest BCUT2D eigenvalue weighted by molar-refractivity contribution is 5.38. The first-order valence-corrected chi connectivity index (χ1v) is 8.68. The lowest BCUT2D eigenvalue weighted by atomic mass is 9.90. The number of ether oxygens (including phenoxy) is 1. The largest absolute Gasteiger partial charge is 0.497 e. The van der Waals surface area contributed by atoms with Crippen LogP contribution in [0.5, 0.6) is 5.75 Å². The molecule has 0 amide bonds. The highest BCUT2D eigenvalue weighted by Crippen LogP contribution is 2.33. The van der Waals surface area contributed by atoms with E-state index in [4.69, 9.17) is 4.74 Å². The van der Waals surface area contributed by atoms with E-state index in [1.807, 2.05) is 24.3 Å². The van der Waals surface area contributed by atoms with Gasteiger partial charge in [0.1, 0.15) is 5.75 Å². The summed E-state index contributed by atoms with van der Waals surface area (Å²) in [5, 5.41) is 0. The fraction of sp³-hybridized carbons (Fsp3) is 0.300. The van der Waals surface area contributed by atoms with Gasteiger partial charge in [-0.05, 0) is 23.8 Å². The Hall–Kier alpha value is -2.86. The van der Waals surface area contributed by atoms with Gasteiger partial charge >= 0.3 is 0 Å². The van der Waals surface area contributed by atoms with Crippen molar-refractivity contribution in [2.75, 3.05) is 13.7 Å². The Morgan fingerprint density at radius 1 is 1.31 bits per heavy atom. The topological polar surface area (TPSA) is 63.1 Å². The minimum Gasteiger partial charge on any atom is -0.497 e. The van der Waals surface area contributed by atoms with E-state index < -0.39 is 0 Å². The minimum absolute atomic E-state index is 0.0563. The number of pyridine rings is 1. The molecule has 1 N–H and O–H groups in total. The van der Waals surface area contributed by atoms with Gasteiger partial charge in [0, 0.05) is 44.4 Å². The second-order valence-electron chi connectivity index (χ2n) is 6.71. The fourth-order valence-corrected chi connectivity index (χ4v) is 3.65. The van der Waals surface area contributed by atoms with Crippen molar-refractivity contribution >= 4 is 0 Å². The Balaban J connectivity index is 1.66. The molecule has 1 unspecified atom stereocenters. The van der Waals surface area contributed by atoms with Gasteiger partial charge in [-0.25, -0.2) is 4.98 Å². The first-order valence-electron chi connectivity index (χ1n) is 8.68. The number of fused-ring (bicyclic) bond motifs is 1. The molecule has 0 saturated heterocycles. The van der Waals surface area contributed by atoms with Crippen LogP contribution in [0.4, 0.5) is 0 Å². The van der Waals surface area contributed by atoms with Crippen LogP contribution in [0, 0.1) is 0 Å². The van der Waals surface area contributed by atoms with Crippen molar-refractivity contribution in [3.63, 3.8) is 0 Å². The van der Waals surface area contributed by atoms with E-state index in [0.29, 0.717) is 6.54 Å². The monoisotopic (exact) mass is 350 g/mol. The predicted octanol–water partition coefficient (Wildman–Crippen LogP) is 2.26. The van der Waals surface area contributed by atoms with Gasteiger partial charge in [0.25, 0.3) is 5.56 Å². The lowest BCUT2D eigenvalue weighted by Crippen LogP contribution is -2.36. The maximum absolute atomic E-state index is 12.4. The van der Waals surface area contributed by atoms with Crippen LogP contribution in [-0.2, 0) is 20.1 Å². The molecule has 3 aromatic rings. The standard InChI is InChI=1S/C20H22N4O2/c1-23-8-4-6-15(20(23)25)10-24-11-17(19-18(12-24)21-13-22-19)14-5-3-7-16(9-14)26-2/h3-9,13,17H,10-12H2,1-2H3,(H,21,22). The molecule has 6 heteroatoms. The summed E-state index contributed by atoms with van der Waals surface area (Å²) >= 11 is 0. The number of aromatic nitrogens is 3. The molecule has 0 bridgehead atoms. The SMILES string of the molecule is COc1cccc(C2CN(Cc3cccn(C)c3=O)Cc3[nH]cnc32)c1. The average molecular weight is 350 g/mol. The fourth-order valence-electron chi connectivity index (χ4n) is 3.65. The normalized spacial score (nSPS) is 17.1. The Kier molecular flexibility index (Phi) is 4.34. The lowest BCUT2D eigenvalue weighted by molar-refractivity contribution is 0.226. The lowest BCUT2D eigenvalue weighted by Gasteiger charge is -2.32. The van der Waals surface area contributed by atoms with Crippen molar-refractivity contribution in [2.45, 2.75) is 19.0 Å². The first kappa shape index (κ1) is 16.6. The molecular formula is C20H22N4O2. The van der Waals surface area contributed by atoms with Crippen LogP contribution in [0.25, 0.3) is 0 Å². The second-order valence-corrected chi connectivity index (χ2v) is 6.71. The molecule has 0 aliphatic carbocycles. The van der Waals surface area contributed by atoms with E-state index in [2.05, 4.69) is 27.0 Å². The molecule has 134 valence electrons. The molecule has 0 spiro atoms.